The number of aromatic nitrogens is 2. The topological polar surface area (TPSA) is 86.5 Å². The van der Waals surface area contributed by atoms with E-state index in [9.17, 15) is 9.90 Å². The summed E-state index contributed by atoms with van der Waals surface area (Å²) in [7, 11) is 0. The van der Waals surface area contributed by atoms with E-state index in [2.05, 4.69) is 9.97 Å². The van der Waals surface area contributed by atoms with Crippen molar-refractivity contribution in [2.24, 2.45) is 5.92 Å². The summed E-state index contributed by atoms with van der Waals surface area (Å²) in [5.74, 6) is -0.343. The minimum Gasteiger partial charge on any atom is -0.481 e. The van der Waals surface area contributed by atoms with Crippen LogP contribution in [0.4, 0.5) is 5.82 Å². The number of hydrogen-bond donors (Lipinski definition) is 2. The lowest BCUT2D eigenvalue weighted by atomic mass is 10.0. The van der Waals surface area contributed by atoms with E-state index in [1.807, 2.05) is 16.3 Å². The molecule has 1 aliphatic heterocycles. The first-order valence-corrected chi connectivity index (χ1v) is 6.86. The molecule has 0 aromatic carbocycles. The Hall–Kier alpha value is -1.73. The van der Waals surface area contributed by atoms with Gasteiger partial charge >= 0.3 is 5.97 Å². The minimum atomic E-state index is -0.880. The fourth-order valence-corrected chi connectivity index (χ4v) is 3.31. The van der Waals surface area contributed by atoms with Crippen molar-refractivity contribution in [2.75, 3.05) is 18.0 Å². The van der Waals surface area contributed by atoms with E-state index in [0.29, 0.717) is 13.1 Å². The molecule has 1 aliphatic rings. The molecule has 19 heavy (non-hydrogen) atoms. The van der Waals surface area contributed by atoms with E-state index in [1.54, 1.807) is 11.3 Å². The van der Waals surface area contributed by atoms with Crippen LogP contribution < -0.4 is 4.90 Å². The van der Waals surface area contributed by atoms with Crippen molar-refractivity contribution in [1.29, 1.82) is 0 Å². The Morgan fingerprint density at radius 1 is 1.47 bits per heavy atom. The number of aliphatic hydroxyl groups is 1. The molecule has 3 heterocycles. The number of aliphatic carboxylic acids is 1. The Labute approximate surface area is 113 Å². The molecule has 100 valence electrons. The van der Waals surface area contributed by atoms with Gasteiger partial charge in [-0.2, -0.15) is 0 Å². The molecule has 1 saturated heterocycles. The lowest BCUT2D eigenvalue weighted by molar-refractivity contribution is -0.138. The molecule has 2 N–H and O–H groups in total. The smallest absolute Gasteiger partial charge is 0.303 e. The van der Waals surface area contributed by atoms with Gasteiger partial charge in [-0.3, -0.25) is 4.79 Å². The molecular formula is C12H13N3O3S. The van der Waals surface area contributed by atoms with Crippen LogP contribution in [0.15, 0.2) is 17.8 Å². The largest absolute Gasteiger partial charge is 0.481 e. The van der Waals surface area contributed by atoms with Gasteiger partial charge in [0.05, 0.1) is 22.7 Å². The molecule has 6 nitrogen and oxygen atoms in total. The van der Waals surface area contributed by atoms with Crippen LogP contribution in [-0.2, 0) is 4.79 Å². The molecular weight excluding hydrogens is 266 g/mol. The number of aliphatic hydroxyl groups excluding tert-OH is 1. The van der Waals surface area contributed by atoms with Crippen LogP contribution in [0, 0.1) is 5.92 Å². The molecule has 7 heteroatoms. The van der Waals surface area contributed by atoms with Gasteiger partial charge in [0.2, 0.25) is 0 Å². The normalized spacial score (nSPS) is 23.1. The Morgan fingerprint density at radius 2 is 2.32 bits per heavy atom. The summed E-state index contributed by atoms with van der Waals surface area (Å²) in [6, 6.07) is 1.92. The molecule has 0 amide bonds. The van der Waals surface area contributed by atoms with E-state index in [-0.39, 0.29) is 12.3 Å². The van der Waals surface area contributed by atoms with Crippen molar-refractivity contribution in [3.05, 3.63) is 17.8 Å². The van der Waals surface area contributed by atoms with E-state index >= 15 is 0 Å². The van der Waals surface area contributed by atoms with Crippen LogP contribution in [0.5, 0.6) is 0 Å². The molecule has 0 saturated carbocycles. The number of rotatable bonds is 3. The number of nitrogens with zero attached hydrogens (tertiary/aromatic N) is 3. The summed E-state index contributed by atoms with van der Waals surface area (Å²) < 4.78 is 0.977. The maximum absolute atomic E-state index is 10.8. The van der Waals surface area contributed by atoms with Gasteiger partial charge in [0, 0.05) is 19.0 Å². The molecule has 1 fully saturated rings. The van der Waals surface area contributed by atoms with Crippen LogP contribution in [0.3, 0.4) is 0 Å². The fraction of sp³-hybridized carbons (Fsp3) is 0.417. The van der Waals surface area contributed by atoms with Crippen LogP contribution in [0.25, 0.3) is 10.2 Å². The molecule has 0 spiro atoms. The first-order valence-electron chi connectivity index (χ1n) is 5.98. The number of thiophene rings is 1. The molecule has 0 aliphatic carbocycles. The molecule has 0 radical (unpaired) electrons. The zero-order valence-electron chi connectivity index (χ0n) is 10.1. The van der Waals surface area contributed by atoms with Gasteiger partial charge in [-0.25, -0.2) is 9.97 Å². The van der Waals surface area contributed by atoms with Crippen LogP contribution in [0.2, 0.25) is 0 Å². The molecule has 3 rings (SSSR count). The van der Waals surface area contributed by atoms with Crippen LogP contribution in [0.1, 0.15) is 6.42 Å². The molecule has 2 atom stereocenters. The minimum absolute atomic E-state index is 0.0175. The van der Waals surface area contributed by atoms with E-state index in [0.717, 1.165) is 16.0 Å². The Morgan fingerprint density at radius 3 is 3.11 bits per heavy atom. The van der Waals surface area contributed by atoms with E-state index in [4.69, 9.17) is 5.11 Å². The first kappa shape index (κ1) is 12.3. The Bertz CT molecular complexity index is 615. The summed E-state index contributed by atoms with van der Waals surface area (Å²) >= 11 is 1.55. The van der Waals surface area contributed by atoms with Crippen molar-refractivity contribution >= 4 is 33.3 Å². The third kappa shape index (κ3) is 2.26. The lowest BCUT2D eigenvalue weighted by Gasteiger charge is -2.17. The van der Waals surface area contributed by atoms with Crippen LogP contribution in [-0.4, -0.2) is 45.3 Å². The number of carbonyl (C=O) groups is 1. The highest BCUT2D eigenvalue weighted by molar-refractivity contribution is 7.17. The highest BCUT2D eigenvalue weighted by Crippen LogP contribution is 2.32. The highest BCUT2D eigenvalue weighted by Gasteiger charge is 2.34. The average molecular weight is 279 g/mol. The van der Waals surface area contributed by atoms with Crippen LogP contribution >= 0.6 is 11.3 Å². The third-order valence-corrected chi connectivity index (χ3v) is 4.27. The fourth-order valence-electron chi connectivity index (χ4n) is 2.45. The number of carboxylic acid groups (broad SMARTS) is 1. The van der Waals surface area contributed by atoms with E-state index in [1.165, 1.54) is 6.33 Å². The highest BCUT2D eigenvalue weighted by atomic mass is 32.1. The van der Waals surface area contributed by atoms with Crippen molar-refractivity contribution in [3.8, 4) is 0 Å². The number of fused-ring (bicyclic) bond motifs is 1. The van der Waals surface area contributed by atoms with Crippen molar-refractivity contribution in [2.45, 2.75) is 12.5 Å². The molecule has 0 unspecified atom stereocenters. The zero-order valence-corrected chi connectivity index (χ0v) is 10.9. The summed E-state index contributed by atoms with van der Waals surface area (Å²) in [5.41, 5.74) is 0.881. The van der Waals surface area contributed by atoms with Gasteiger partial charge < -0.3 is 15.1 Å². The monoisotopic (exact) mass is 279 g/mol. The van der Waals surface area contributed by atoms with Gasteiger partial charge in [-0.1, -0.05) is 0 Å². The number of β-amino-alcohol motifs (C(OH)–C–C–N with tert-alkyl or cyclic N) is 1. The summed E-state index contributed by atoms with van der Waals surface area (Å²) in [6.07, 6.45) is 0.860. The quantitative estimate of drug-likeness (QED) is 0.870. The predicted octanol–water partition coefficient (Wildman–Crippen LogP) is 0.963. The van der Waals surface area contributed by atoms with Crippen molar-refractivity contribution in [3.63, 3.8) is 0 Å². The second kappa shape index (κ2) is 4.75. The lowest BCUT2D eigenvalue weighted by Crippen LogP contribution is -2.22. The molecule has 0 bridgehead atoms. The maximum Gasteiger partial charge on any atom is 0.303 e. The third-order valence-electron chi connectivity index (χ3n) is 3.37. The Kier molecular flexibility index (Phi) is 3.08. The molecule has 2 aromatic heterocycles. The first-order chi connectivity index (χ1) is 9.15. The van der Waals surface area contributed by atoms with Gasteiger partial charge in [-0.15, -0.1) is 11.3 Å². The van der Waals surface area contributed by atoms with Crippen molar-refractivity contribution in [1.82, 2.24) is 9.97 Å². The summed E-state index contributed by atoms with van der Waals surface area (Å²) in [4.78, 5) is 21.2. The summed E-state index contributed by atoms with van der Waals surface area (Å²) in [6.45, 7) is 0.930. The number of hydrogen-bond acceptors (Lipinski definition) is 6. The van der Waals surface area contributed by atoms with Gasteiger partial charge in [0.15, 0.2) is 0 Å². The second-order valence-electron chi connectivity index (χ2n) is 4.66. The van der Waals surface area contributed by atoms with Crippen molar-refractivity contribution < 1.29 is 15.0 Å². The van der Waals surface area contributed by atoms with Gasteiger partial charge in [-0.05, 0) is 11.4 Å². The zero-order chi connectivity index (χ0) is 13.4. The SMILES string of the molecule is O=C(O)C[C@@H]1CN(c2ncnc3ccsc23)C[C@H]1O. The molecule has 2 aromatic rings. The van der Waals surface area contributed by atoms with E-state index < -0.39 is 12.1 Å². The van der Waals surface area contributed by atoms with Gasteiger partial charge in [0.25, 0.3) is 0 Å². The standard InChI is InChI=1S/C12H13N3O3S/c16-9-5-15(4-7(9)3-10(17)18)12-11-8(1-2-19-11)13-6-14-12/h1-2,6-7,9,16H,3-5H2,(H,17,18)/t7-,9-/m1/s1. The second-order valence-corrected chi connectivity index (χ2v) is 5.58. The summed E-state index contributed by atoms with van der Waals surface area (Å²) in [5, 5.41) is 20.7. The Balaban J connectivity index is 1.87. The number of anilines is 1. The number of carboxylic acids is 1. The average Bonchev–Trinajstić information content (AvgIpc) is 2.95. The van der Waals surface area contributed by atoms with Gasteiger partial charge in [0.1, 0.15) is 12.1 Å². The predicted molar refractivity (Wildman–Crippen MR) is 71.4 cm³/mol. The maximum atomic E-state index is 10.8.